The van der Waals surface area contributed by atoms with E-state index in [2.05, 4.69) is 35.8 Å². The first-order valence-electron chi connectivity index (χ1n) is 12.6. The first kappa shape index (κ1) is 25.5. The molecule has 12 heteroatoms. The Bertz CT molecular complexity index is 1410. The number of carbonyl (C=O) groups is 1. The van der Waals surface area contributed by atoms with Crippen LogP contribution in [0, 0.1) is 11.6 Å². The van der Waals surface area contributed by atoms with Crippen LogP contribution in [0.25, 0.3) is 10.9 Å². The number of hydrogen-bond donors (Lipinski definition) is 2. The van der Waals surface area contributed by atoms with E-state index < -0.39 is 17.5 Å². The van der Waals surface area contributed by atoms with Gasteiger partial charge in [0.25, 0.3) is 0 Å². The predicted octanol–water partition coefficient (Wildman–Crippen LogP) is 4.14. The minimum absolute atomic E-state index is 0.242. The number of anilines is 3. The molecule has 2 aromatic heterocycles. The molecule has 2 aromatic carbocycles. The molecule has 1 aliphatic heterocycles. The van der Waals surface area contributed by atoms with Crippen LogP contribution in [0.3, 0.4) is 0 Å². The van der Waals surface area contributed by atoms with E-state index in [1.165, 1.54) is 61.7 Å². The summed E-state index contributed by atoms with van der Waals surface area (Å²) in [6, 6.07) is 9.19. The molecule has 0 bridgehead atoms. The van der Waals surface area contributed by atoms with Crippen molar-refractivity contribution in [3.8, 4) is 5.75 Å². The SMILES string of the molecule is O=C(Cn1cc(Nc2ncnc3cc(OCCCN4CCCCC4)ccc23)nn1)Nc1cccc(F)c1F. The molecule has 198 valence electrons. The van der Waals surface area contributed by atoms with Crippen molar-refractivity contribution in [3.05, 3.63) is 60.6 Å². The molecule has 3 heterocycles. The van der Waals surface area contributed by atoms with Crippen molar-refractivity contribution in [1.82, 2.24) is 29.9 Å². The number of nitrogens with one attached hydrogen (secondary N) is 2. The number of hydrogen-bond acceptors (Lipinski definition) is 8. The number of fused-ring (bicyclic) bond motifs is 1. The summed E-state index contributed by atoms with van der Waals surface area (Å²) >= 11 is 0. The molecule has 1 aliphatic rings. The van der Waals surface area contributed by atoms with Crippen molar-refractivity contribution in [2.24, 2.45) is 0 Å². The third-order valence-corrected chi connectivity index (χ3v) is 6.26. The van der Waals surface area contributed by atoms with Crippen molar-refractivity contribution in [2.75, 3.05) is 36.9 Å². The normalized spacial score (nSPS) is 13.9. The number of halogens is 2. The van der Waals surface area contributed by atoms with Gasteiger partial charge in [0.05, 0.1) is 24.0 Å². The number of rotatable bonds is 10. The maximum absolute atomic E-state index is 13.8. The Kier molecular flexibility index (Phi) is 7.98. The lowest BCUT2D eigenvalue weighted by Gasteiger charge is -2.26. The van der Waals surface area contributed by atoms with Gasteiger partial charge in [0.15, 0.2) is 17.5 Å². The molecule has 0 aliphatic carbocycles. The smallest absolute Gasteiger partial charge is 0.246 e. The summed E-state index contributed by atoms with van der Waals surface area (Å²) in [5.74, 6) is -1.13. The van der Waals surface area contributed by atoms with Crippen LogP contribution in [0.1, 0.15) is 25.7 Å². The van der Waals surface area contributed by atoms with Crippen molar-refractivity contribution in [2.45, 2.75) is 32.2 Å². The zero-order valence-corrected chi connectivity index (χ0v) is 20.7. The Morgan fingerprint density at radius 2 is 1.95 bits per heavy atom. The van der Waals surface area contributed by atoms with Crippen molar-refractivity contribution >= 4 is 34.1 Å². The Balaban J connectivity index is 1.17. The van der Waals surface area contributed by atoms with E-state index in [0.29, 0.717) is 23.8 Å². The average molecular weight is 523 g/mol. The van der Waals surface area contributed by atoms with E-state index in [1.807, 2.05) is 18.2 Å². The molecule has 38 heavy (non-hydrogen) atoms. The molecule has 4 aromatic rings. The first-order chi connectivity index (χ1) is 18.5. The molecular formula is C26H28F2N8O2. The number of likely N-dealkylation sites (tertiary alicyclic amines) is 1. The monoisotopic (exact) mass is 522 g/mol. The third kappa shape index (κ3) is 6.38. The van der Waals surface area contributed by atoms with Gasteiger partial charge in [0, 0.05) is 18.0 Å². The minimum Gasteiger partial charge on any atom is -0.493 e. The van der Waals surface area contributed by atoms with Crippen LogP contribution >= 0.6 is 0 Å². The molecule has 0 spiro atoms. The molecular weight excluding hydrogens is 494 g/mol. The van der Waals surface area contributed by atoms with Crippen LogP contribution < -0.4 is 15.4 Å². The van der Waals surface area contributed by atoms with Crippen LogP contribution in [0.4, 0.5) is 26.1 Å². The molecule has 0 atom stereocenters. The highest BCUT2D eigenvalue weighted by Gasteiger charge is 2.13. The summed E-state index contributed by atoms with van der Waals surface area (Å²) in [4.78, 5) is 23.4. The fourth-order valence-corrected chi connectivity index (χ4v) is 4.38. The number of benzene rings is 2. The quantitative estimate of drug-likeness (QED) is 0.299. The first-order valence-corrected chi connectivity index (χ1v) is 12.6. The molecule has 10 nitrogen and oxygen atoms in total. The van der Waals surface area contributed by atoms with E-state index in [-0.39, 0.29) is 12.2 Å². The lowest BCUT2D eigenvalue weighted by molar-refractivity contribution is -0.117. The van der Waals surface area contributed by atoms with Gasteiger partial charge in [-0.1, -0.05) is 17.7 Å². The highest BCUT2D eigenvalue weighted by Crippen LogP contribution is 2.26. The van der Waals surface area contributed by atoms with E-state index in [1.54, 1.807) is 0 Å². The van der Waals surface area contributed by atoms with Crippen LogP contribution in [0.5, 0.6) is 5.75 Å². The van der Waals surface area contributed by atoms with Gasteiger partial charge in [-0.3, -0.25) is 4.79 Å². The summed E-state index contributed by atoms with van der Waals surface area (Å²) < 4.78 is 34.4. The summed E-state index contributed by atoms with van der Waals surface area (Å²) in [6.07, 6.45) is 7.82. The fraction of sp³-hybridized carbons (Fsp3) is 0.346. The van der Waals surface area contributed by atoms with Crippen LogP contribution in [0.15, 0.2) is 48.9 Å². The van der Waals surface area contributed by atoms with E-state index in [9.17, 15) is 13.6 Å². The highest BCUT2D eigenvalue weighted by atomic mass is 19.2. The number of aromatic nitrogens is 5. The molecule has 0 radical (unpaired) electrons. The second kappa shape index (κ2) is 11.9. The van der Waals surface area contributed by atoms with Crippen LogP contribution in [0.2, 0.25) is 0 Å². The minimum atomic E-state index is -1.12. The Hall–Kier alpha value is -4.19. The third-order valence-electron chi connectivity index (χ3n) is 6.26. The van der Waals surface area contributed by atoms with Gasteiger partial charge in [-0.2, -0.15) is 0 Å². The highest BCUT2D eigenvalue weighted by molar-refractivity contribution is 5.91. The summed E-state index contributed by atoms with van der Waals surface area (Å²) in [5, 5.41) is 14.1. The van der Waals surface area contributed by atoms with Crippen molar-refractivity contribution in [3.63, 3.8) is 0 Å². The number of ether oxygens (including phenoxy) is 1. The molecule has 0 unspecified atom stereocenters. The number of nitrogens with zero attached hydrogens (tertiary/aromatic N) is 6. The molecule has 1 saturated heterocycles. The van der Waals surface area contributed by atoms with Crippen LogP contribution in [-0.4, -0.2) is 62.0 Å². The van der Waals surface area contributed by atoms with Gasteiger partial charge in [0.2, 0.25) is 5.91 Å². The maximum atomic E-state index is 13.8. The summed E-state index contributed by atoms with van der Waals surface area (Å²) in [5.41, 5.74) is 0.464. The standard InChI is InChI=1S/C26H28F2N8O2/c27-20-6-4-7-21(25(20)28)31-24(37)16-36-15-23(33-34-36)32-26-19-9-8-18(14-22(19)29-17-30-26)38-13-5-12-35-10-2-1-3-11-35/h4,6-9,14-15,17H,1-3,5,10-13,16H2,(H,31,37)(H,29,30,32). The van der Waals surface area contributed by atoms with Gasteiger partial charge in [-0.15, -0.1) is 5.10 Å². The second-order valence-electron chi connectivity index (χ2n) is 9.08. The molecule has 1 fully saturated rings. The van der Waals surface area contributed by atoms with Gasteiger partial charge in [-0.25, -0.2) is 23.4 Å². The van der Waals surface area contributed by atoms with Crippen molar-refractivity contribution < 1.29 is 18.3 Å². The molecule has 0 saturated carbocycles. The van der Waals surface area contributed by atoms with Crippen LogP contribution in [-0.2, 0) is 11.3 Å². The number of amides is 1. The fourth-order valence-electron chi connectivity index (χ4n) is 4.38. The zero-order valence-electron chi connectivity index (χ0n) is 20.7. The van der Waals surface area contributed by atoms with Gasteiger partial charge in [-0.05, 0) is 56.6 Å². The topological polar surface area (TPSA) is 110 Å². The van der Waals surface area contributed by atoms with Gasteiger partial charge < -0.3 is 20.3 Å². The Morgan fingerprint density at radius 3 is 2.82 bits per heavy atom. The van der Waals surface area contributed by atoms with Gasteiger partial charge in [0.1, 0.15) is 24.4 Å². The number of carbonyl (C=O) groups excluding carboxylic acids is 1. The lowest BCUT2D eigenvalue weighted by atomic mass is 10.1. The Labute approximate surface area is 218 Å². The molecule has 5 rings (SSSR count). The number of piperidine rings is 1. The maximum Gasteiger partial charge on any atom is 0.246 e. The second-order valence-corrected chi connectivity index (χ2v) is 9.08. The summed E-state index contributed by atoms with van der Waals surface area (Å²) in [7, 11) is 0. The van der Waals surface area contributed by atoms with Crippen molar-refractivity contribution in [1.29, 1.82) is 0 Å². The van der Waals surface area contributed by atoms with E-state index >= 15 is 0 Å². The molecule has 1 amide bonds. The zero-order chi connectivity index (χ0) is 26.3. The molecule has 2 N–H and O–H groups in total. The van der Waals surface area contributed by atoms with E-state index in [0.717, 1.165) is 30.2 Å². The largest absolute Gasteiger partial charge is 0.493 e. The predicted molar refractivity (Wildman–Crippen MR) is 138 cm³/mol. The van der Waals surface area contributed by atoms with Gasteiger partial charge >= 0.3 is 0 Å². The average Bonchev–Trinajstić information content (AvgIpc) is 3.36. The summed E-state index contributed by atoms with van der Waals surface area (Å²) in [6.45, 7) is 3.80. The van der Waals surface area contributed by atoms with E-state index in [4.69, 9.17) is 4.74 Å². The lowest BCUT2D eigenvalue weighted by Crippen LogP contribution is -2.31. The Morgan fingerprint density at radius 1 is 1.08 bits per heavy atom.